The first-order chi connectivity index (χ1) is 17.0. The summed E-state index contributed by atoms with van der Waals surface area (Å²) in [5, 5.41) is 5.99. The molecule has 35 heavy (non-hydrogen) atoms. The molecule has 1 aliphatic carbocycles. The van der Waals surface area contributed by atoms with Gasteiger partial charge in [0.2, 0.25) is 17.6 Å². The van der Waals surface area contributed by atoms with Crippen LogP contribution in [0.2, 0.25) is 5.02 Å². The van der Waals surface area contributed by atoms with Crippen LogP contribution in [0, 0.1) is 11.8 Å². The molecule has 3 aromatic rings. The molecule has 0 bridgehead atoms. The maximum absolute atomic E-state index is 13.2. The van der Waals surface area contributed by atoms with Crippen molar-refractivity contribution < 1.29 is 18.8 Å². The topological polar surface area (TPSA) is 117 Å². The van der Waals surface area contributed by atoms with Crippen LogP contribution in [-0.2, 0) is 9.59 Å². The van der Waals surface area contributed by atoms with Crippen molar-refractivity contribution in [3.63, 3.8) is 0 Å². The number of fused-ring (bicyclic) bond motifs is 1. The zero-order chi connectivity index (χ0) is 24.4. The molecule has 5 rings (SSSR count). The summed E-state index contributed by atoms with van der Waals surface area (Å²) in [5.74, 6) is -0.562. The summed E-state index contributed by atoms with van der Waals surface area (Å²) in [6.07, 6.45) is 7.75. The van der Waals surface area contributed by atoms with Crippen molar-refractivity contribution in [2.75, 3.05) is 23.7 Å². The summed E-state index contributed by atoms with van der Waals surface area (Å²) in [4.78, 5) is 49.2. The molecule has 182 valence electrons. The molecular weight excluding hydrogens is 470 g/mol. The van der Waals surface area contributed by atoms with E-state index in [-0.39, 0.29) is 35.1 Å². The van der Waals surface area contributed by atoms with Gasteiger partial charge in [-0.05, 0) is 62.8 Å². The van der Waals surface area contributed by atoms with E-state index in [0.717, 1.165) is 25.9 Å². The predicted molar refractivity (Wildman–Crippen MR) is 131 cm³/mol. The van der Waals surface area contributed by atoms with Crippen molar-refractivity contribution in [2.45, 2.75) is 38.5 Å². The van der Waals surface area contributed by atoms with Crippen molar-refractivity contribution >= 4 is 51.9 Å². The second kappa shape index (κ2) is 10.0. The third-order valence-corrected chi connectivity index (χ3v) is 6.96. The highest BCUT2D eigenvalue weighted by Gasteiger charge is 2.34. The second-order valence-corrected chi connectivity index (χ2v) is 9.48. The van der Waals surface area contributed by atoms with E-state index in [1.807, 2.05) is 4.90 Å². The molecule has 0 aromatic carbocycles. The molecule has 3 amide bonds. The maximum atomic E-state index is 13.2. The van der Waals surface area contributed by atoms with Gasteiger partial charge in [0.25, 0.3) is 5.91 Å². The lowest BCUT2D eigenvalue weighted by Gasteiger charge is -2.29. The molecule has 0 spiro atoms. The molecule has 9 nitrogen and oxygen atoms in total. The number of halogens is 1. The van der Waals surface area contributed by atoms with Gasteiger partial charge in [-0.2, -0.15) is 0 Å². The number of furan rings is 1. The van der Waals surface area contributed by atoms with Crippen molar-refractivity contribution in [1.29, 1.82) is 0 Å². The molecule has 10 heteroatoms. The molecule has 0 atom stereocenters. The molecule has 2 aliphatic rings. The fraction of sp³-hybridized carbons (Fsp3) is 0.400. The minimum atomic E-state index is -0.562. The Bertz CT molecular complexity index is 1240. The molecule has 2 fully saturated rings. The predicted octanol–water partition coefficient (Wildman–Crippen LogP) is 4.50. The zero-order valence-electron chi connectivity index (χ0n) is 19.1. The van der Waals surface area contributed by atoms with E-state index in [9.17, 15) is 14.4 Å². The lowest BCUT2D eigenvalue weighted by atomic mass is 9.81. The Balaban J connectivity index is 1.29. The largest absolute Gasteiger partial charge is 0.447 e. The Morgan fingerprint density at radius 3 is 2.43 bits per heavy atom. The first-order valence-electron chi connectivity index (χ1n) is 11.9. The van der Waals surface area contributed by atoms with Gasteiger partial charge >= 0.3 is 0 Å². The van der Waals surface area contributed by atoms with Crippen LogP contribution in [0.5, 0.6) is 0 Å². The lowest BCUT2D eigenvalue weighted by Crippen LogP contribution is -2.37. The van der Waals surface area contributed by atoms with E-state index >= 15 is 0 Å². The standard InChI is InChI=1S/C25H26ClN5O4/c26-17-9-10-19(28-14-17)29-24(33)22-21(20-18(35-22)4-3-11-27-20)30-23(32)15-5-7-16(8-6-15)25(34)31-12-1-2-13-31/h3-4,9-11,14-16H,1-2,5-8,12-13H2,(H,30,32)(H,28,29,33)/t15-,16-. The number of carbonyl (C=O) groups is 3. The number of aromatic nitrogens is 2. The number of amides is 3. The van der Waals surface area contributed by atoms with Crippen molar-refractivity contribution in [3.8, 4) is 0 Å². The van der Waals surface area contributed by atoms with E-state index in [2.05, 4.69) is 20.6 Å². The number of nitrogens with zero attached hydrogens (tertiary/aromatic N) is 3. The van der Waals surface area contributed by atoms with Crippen LogP contribution in [-0.4, -0.2) is 45.7 Å². The van der Waals surface area contributed by atoms with Crippen LogP contribution in [0.15, 0.2) is 41.1 Å². The number of carbonyl (C=O) groups excluding carboxylic acids is 3. The van der Waals surface area contributed by atoms with Gasteiger partial charge in [-0.25, -0.2) is 4.98 Å². The van der Waals surface area contributed by atoms with Crippen LogP contribution in [0.25, 0.3) is 11.1 Å². The van der Waals surface area contributed by atoms with Gasteiger partial charge in [0.1, 0.15) is 17.0 Å². The molecular formula is C25H26ClN5O4. The van der Waals surface area contributed by atoms with Gasteiger partial charge in [0, 0.05) is 37.3 Å². The molecule has 4 heterocycles. The summed E-state index contributed by atoms with van der Waals surface area (Å²) in [5.41, 5.74) is 1.01. The molecule has 1 saturated carbocycles. The third kappa shape index (κ3) is 5.00. The number of nitrogens with one attached hydrogen (secondary N) is 2. The summed E-state index contributed by atoms with van der Waals surface area (Å²) >= 11 is 5.86. The first-order valence-corrected chi connectivity index (χ1v) is 12.3. The van der Waals surface area contributed by atoms with Crippen molar-refractivity contribution in [3.05, 3.63) is 47.4 Å². The molecule has 0 unspecified atom stereocenters. The number of hydrogen-bond donors (Lipinski definition) is 2. The van der Waals surface area contributed by atoms with Crippen LogP contribution in [0.4, 0.5) is 11.5 Å². The SMILES string of the molecule is O=C(Nc1ccc(Cl)cn1)c1oc2cccnc2c1NC(=O)[C@H]1CC[C@H](C(=O)N2CCCC2)CC1. The third-order valence-electron chi connectivity index (χ3n) is 6.73. The van der Waals surface area contributed by atoms with Gasteiger partial charge < -0.3 is 20.0 Å². The Kier molecular flexibility index (Phi) is 6.68. The summed E-state index contributed by atoms with van der Waals surface area (Å²) in [6.45, 7) is 1.69. The number of anilines is 2. The highest BCUT2D eigenvalue weighted by molar-refractivity contribution is 6.30. The van der Waals surface area contributed by atoms with E-state index in [4.69, 9.17) is 16.0 Å². The average Bonchev–Trinajstić information content (AvgIpc) is 3.54. The fourth-order valence-electron chi connectivity index (χ4n) is 4.85. The van der Waals surface area contributed by atoms with Crippen LogP contribution in [0.1, 0.15) is 49.1 Å². The van der Waals surface area contributed by atoms with E-state index < -0.39 is 5.91 Å². The molecule has 2 N–H and O–H groups in total. The normalized spacial score (nSPS) is 20.1. The quantitative estimate of drug-likeness (QED) is 0.538. The Morgan fingerprint density at radius 1 is 0.971 bits per heavy atom. The molecule has 0 radical (unpaired) electrons. The number of rotatable bonds is 5. The molecule has 1 saturated heterocycles. The van der Waals surface area contributed by atoms with Crippen molar-refractivity contribution in [1.82, 2.24) is 14.9 Å². The van der Waals surface area contributed by atoms with Gasteiger partial charge in [0.05, 0.1) is 5.02 Å². The minimum Gasteiger partial charge on any atom is -0.447 e. The van der Waals surface area contributed by atoms with Crippen LogP contribution < -0.4 is 10.6 Å². The second-order valence-electron chi connectivity index (χ2n) is 9.04. The Hall–Kier alpha value is -3.46. The zero-order valence-corrected chi connectivity index (χ0v) is 19.9. The fourth-order valence-corrected chi connectivity index (χ4v) is 4.96. The number of pyridine rings is 2. The molecule has 1 aliphatic heterocycles. The van der Waals surface area contributed by atoms with E-state index in [1.54, 1.807) is 30.5 Å². The maximum Gasteiger partial charge on any atom is 0.294 e. The Labute approximate surface area is 207 Å². The lowest BCUT2D eigenvalue weighted by molar-refractivity contribution is -0.136. The highest BCUT2D eigenvalue weighted by atomic mass is 35.5. The van der Waals surface area contributed by atoms with Gasteiger partial charge in [0.15, 0.2) is 5.58 Å². The first kappa shape index (κ1) is 23.3. The van der Waals surface area contributed by atoms with Crippen LogP contribution in [0.3, 0.4) is 0 Å². The molecule has 3 aromatic heterocycles. The van der Waals surface area contributed by atoms with Crippen LogP contribution >= 0.6 is 11.6 Å². The smallest absolute Gasteiger partial charge is 0.294 e. The average molecular weight is 496 g/mol. The van der Waals surface area contributed by atoms with Crippen molar-refractivity contribution in [2.24, 2.45) is 11.8 Å². The van der Waals surface area contributed by atoms with Gasteiger partial charge in [-0.1, -0.05) is 11.6 Å². The Morgan fingerprint density at radius 2 is 1.71 bits per heavy atom. The highest BCUT2D eigenvalue weighted by Crippen LogP contribution is 2.34. The number of likely N-dealkylation sites (tertiary alicyclic amines) is 1. The monoisotopic (exact) mass is 495 g/mol. The van der Waals surface area contributed by atoms with Gasteiger partial charge in [-0.15, -0.1) is 0 Å². The number of hydrogen-bond acceptors (Lipinski definition) is 6. The van der Waals surface area contributed by atoms with E-state index in [0.29, 0.717) is 47.6 Å². The van der Waals surface area contributed by atoms with E-state index in [1.165, 1.54) is 6.20 Å². The summed E-state index contributed by atoms with van der Waals surface area (Å²) in [6, 6.07) is 6.56. The summed E-state index contributed by atoms with van der Waals surface area (Å²) < 4.78 is 5.76. The van der Waals surface area contributed by atoms with Gasteiger partial charge in [-0.3, -0.25) is 19.4 Å². The minimum absolute atomic E-state index is 0.0122. The summed E-state index contributed by atoms with van der Waals surface area (Å²) in [7, 11) is 0.